The van der Waals surface area contributed by atoms with Crippen molar-refractivity contribution in [2.45, 2.75) is 59.5 Å². The molecule has 1 aliphatic carbocycles. The lowest BCUT2D eigenvalue weighted by atomic mass is 9.71. The molecule has 3 N–H and O–H groups in total. The van der Waals surface area contributed by atoms with Crippen molar-refractivity contribution in [1.82, 2.24) is 9.97 Å². The third-order valence-corrected chi connectivity index (χ3v) is 7.51. The molecule has 1 amide bonds. The van der Waals surface area contributed by atoms with Gasteiger partial charge in [-0.05, 0) is 61.6 Å². The number of carbonyl (C=O) groups is 1. The normalized spacial score (nSPS) is 19.2. The van der Waals surface area contributed by atoms with Gasteiger partial charge in [0, 0.05) is 6.07 Å². The van der Waals surface area contributed by atoms with E-state index in [0.717, 1.165) is 30.2 Å². The monoisotopic (exact) mass is 456 g/mol. The SMILES string of the molecule is Cc1c(C(N)=O)sc2ncnc(Nc3ccc(F)cc3OC3CCCC(C(C)(C)C)C3)c12. The molecule has 4 rings (SSSR count). The van der Waals surface area contributed by atoms with Gasteiger partial charge in [-0.1, -0.05) is 20.8 Å². The van der Waals surface area contributed by atoms with Crippen molar-refractivity contribution in [2.24, 2.45) is 17.1 Å². The van der Waals surface area contributed by atoms with Crippen LogP contribution in [-0.2, 0) is 0 Å². The number of primary amides is 1. The van der Waals surface area contributed by atoms with Crippen LogP contribution in [0.3, 0.4) is 0 Å². The first-order chi connectivity index (χ1) is 15.1. The van der Waals surface area contributed by atoms with Gasteiger partial charge in [0.15, 0.2) is 0 Å². The number of thiophene rings is 1. The Kier molecular flexibility index (Phi) is 6.07. The van der Waals surface area contributed by atoms with Crippen LogP contribution >= 0.6 is 11.3 Å². The lowest BCUT2D eigenvalue weighted by molar-refractivity contribution is 0.0749. The van der Waals surface area contributed by atoms with Gasteiger partial charge in [0.05, 0.1) is 22.1 Å². The number of ether oxygens (including phenoxy) is 1. The fourth-order valence-corrected chi connectivity index (χ4v) is 5.44. The highest BCUT2D eigenvalue weighted by molar-refractivity contribution is 7.20. The summed E-state index contributed by atoms with van der Waals surface area (Å²) in [5.74, 6) is 0.703. The van der Waals surface area contributed by atoms with Crippen molar-refractivity contribution in [3.63, 3.8) is 0 Å². The highest BCUT2D eigenvalue weighted by atomic mass is 32.1. The largest absolute Gasteiger partial charge is 0.488 e. The van der Waals surface area contributed by atoms with Gasteiger partial charge in [-0.15, -0.1) is 11.3 Å². The van der Waals surface area contributed by atoms with Crippen LogP contribution in [0, 0.1) is 24.1 Å². The third-order valence-electron chi connectivity index (χ3n) is 6.29. The second-order valence-corrected chi connectivity index (χ2v) is 10.6. The molecule has 32 heavy (non-hydrogen) atoms. The van der Waals surface area contributed by atoms with Gasteiger partial charge >= 0.3 is 0 Å². The van der Waals surface area contributed by atoms with Crippen molar-refractivity contribution in [2.75, 3.05) is 5.32 Å². The summed E-state index contributed by atoms with van der Waals surface area (Å²) in [5.41, 5.74) is 7.07. The van der Waals surface area contributed by atoms with E-state index < -0.39 is 5.91 Å². The van der Waals surface area contributed by atoms with Crippen LogP contribution in [0.5, 0.6) is 5.75 Å². The van der Waals surface area contributed by atoms with Gasteiger partial charge in [0.2, 0.25) is 0 Å². The fraction of sp³-hybridized carbons (Fsp3) is 0.458. The summed E-state index contributed by atoms with van der Waals surface area (Å²) in [6, 6.07) is 4.46. The van der Waals surface area contributed by atoms with Gasteiger partial charge in [0.1, 0.15) is 28.5 Å². The molecule has 170 valence electrons. The summed E-state index contributed by atoms with van der Waals surface area (Å²) in [6.07, 6.45) is 5.65. The number of fused-ring (bicyclic) bond motifs is 1. The van der Waals surface area contributed by atoms with Gasteiger partial charge in [-0.25, -0.2) is 14.4 Å². The van der Waals surface area contributed by atoms with E-state index in [1.54, 1.807) is 6.07 Å². The van der Waals surface area contributed by atoms with Crippen LogP contribution in [0.4, 0.5) is 15.9 Å². The number of hydrogen-bond donors (Lipinski definition) is 2. The Morgan fingerprint density at radius 2 is 2.06 bits per heavy atom. The van der Waals surface area contributed by atoms with Crippen molar-refractivity contribution in [3.05, 3.63) is 40.8 Å². The number of hydrogen-bond acceptors (Lipinski definition) is 6. The molecule has 0 radical (unpaired) electrons. The molecule has 3 aromatic rings. The Balaban J connectivity index is 1.64. The molecule has 8 heteroatoms. The second-order valence-electron chi connectivity index (χ2n) is 9.56. The molecule has 0 aliphatic heterocycles. The summed E-state index contributed by atoms with van der Waals surface area (Å²) < 4.78 is 20.5. The van der Waals surface area contributed by atoms with Crippen LogP contribution in [0.1, 0.15) is 61.7 Å². The van der Waals surface area contributed by atoms with Crippen LogP contribution in [0.25, 0.3) is 10.2 Å². The molecular weight excluding hydrogens is 427 g/mol. The van der Waals surface area contributed by atoms with Crippen LogP contribution in [-0.4, -0.2) is 22.0 Å². The van der Waals surface area contributed by atoms with E-state index in [1.807, 2.05) is 6.92 Å². The maximum Gasteiger partial charge on any atom is 0.259 e. The molecule has 2 atom stereocenters. The topological polar surface area (TPSA) is 90.1 Å². The molecule has 2 heterocycles. The Labute approximate surface area is 191 Å². The molecule has 1 fully saturated rings. The molecule has 2 aromatic heterocycles. The zero-order valence-electron chi connectivity index (χ0n) is 18.9. The zero-order valence-corrected chi connectivity index (χ0v) is 19.7. The number of aryl methyl sites for hydroxylation is 1. The van der Waals surface area contributed by atoms with E-state index in [0.29, 0.717) is 32.9 Å². The van der Waals surface area contributed by atoms with Crippen molar-refractivity contribution in [1.29, 1.82) is 0 Å². The van der Waals surface area contributed by atoms with Gasteiger partial charge < -0.3 is 15.8 Å². The standard InChI is InChI=1S/C24H29FN4O2S/c1-13-19-22(27-12-28-23(19)32-20(13)21(26)30)29-17-9-8-15(25)11-18(17)31-16-7-5-6-14(10-16)24(2,3)4/h8-9,11-12,14,16H,5-7,10H2,1-4H3,(H2,26,30)(H,27,28,29). The first kappa shape index (κ1) is 22.5. The molecule has 2 unspecified atom stereocenters. The van der Waals surface area contributed by atoms with E-state index in [9.17, 15) is 9.18 Å². The smallest absolute Gasteiger partial charge is 0.259 e. The minimum atomic E-state index is -0.493. The number of nitrogens with one attached hydrogen (secondary N) is 1. The molecule has 1 saturated carbocycles. The Morgan fingerprint density at radius 1 is 1.28 bits per heavy atom. The molecule has 1 aliphatic rings. The van der Waals surface area contributed by atoms with Gasteiger partial charge in [-0.3, -0.25) is 4.79 Å². The summed E-state index contributed by atoms with van der Waals surface area (Å²) in [5, 5.41) is 4.01. The zero-order chi connectivity index (χ0) is 23.0. The van der Waals surface area contributed by atoms with Crippen LogP contribution in [0.2, 0.25) is 0 Å². The molecular formula is C24H29FN4O2S. The maximum atomic E-state index is 14.1. The molecule has 0 bridgehead atoms. The van der Waals surface area contributed by atoms with E-state index in [2.05, 4.69) is 36.1 Å². The minimum absolute atomic E-state index is 0.0325. The number of carbonyl (C=O) groups excluding carboxylic acids is 1. The highest BCUT2D eigenvalue weighted by Gasteiger charge is 2.32. The van der Waals surface area contributed by atoms with E-state index >= 15 is 0 Å². The second kappa shape index (κ2) is 8.65. The van der Waals surface area contributed by atoms with Gasteiger partial charge in [-0.2, -0.15) is 0 Å². The fourth-order valence-electron chi connectivity index (χ4n) is 4.44. The summed E-state index contributed by atoms with van der Waals surface area (Å²) in [7, 11) is 0. The predicted octanol–water partition coefficient (Wildman–Crippen LogP) is 5.97. The van der Waals surface area contributed by atoms with E-state index in [-0.39, 0.29) is 17.3 Å². The van der Waals surface area contributed by atoms with Crippen LogP contribution in [0.15, 0.2) is 24.5 Å². The molecule has 6 nitrogen and oxygen atoms in total. The summed E-state index contributed by atoms with van der Waals surface area (Å²) in [6.45, 7) is 8.61. The van der Waals surface area contributed by atoms with Crippen molar-refractivity contribution < 1.29 is 13.9 Å². The summed E-state index contributed by atoms with van der Waals surface area (Å²) in [4.78, 5) is 21.5. The van der Waals surface area contributed by atoms with Crippen LogP contribution < -0.4 is 15.8 Å². The number of benzene rings is 1. The number of halogens is 1. The number of rotatable bonds is 5. The Morgan fingerprint density at radius 3 is 2.78 bits per heavy atom. The number of nitrogens with two attached hydrogens (primary N) is 1. The van der Waals surface area contributed by atoms with E-state index in [4.69, 9.17) is 10.5 Å². The average molecular weight is 457 g/mol. The first-order valence-electron chi connectivity index (χ1n) is 10.9. The quantitative estimate of drug-likeness (QED) is 0.494. The highest BCUT2D eigenvalue weighted by Crippen LogP contribution is 2.41. The van der Waals surface area contributed by atoms with Crippen molar-refractivity contribution in [3.8, 4) is 5.75 Å². The lowest BCUT2D eigenvalue weighted by Crippen LogP contribution is -2.32. The molecule has 0 saturated heterocycles. The minimum Gasteiger partial charge on any atom is -0.488 e. The van der Waals surface area contributed by atoms with Gasteiger partial charge in [0.25, 0.3) is 5.91 Å². The molecule has 1 aromatic carbocycles. The predicted molar refractivity (Wildman–Crippen MR) is 126 cm³/mol. The van der Waals surface area contributed by atoms with E-state index in [1.165, 1.54) is 36.2 Å². The Hall–Kier alpha value is -2.74. The average Bonchev–Trinajstić information content (AvgIpc) is 3.07. The number of anilines is 2. The number of amides is 1. The number of aromatic nitrogens is 2. The first-order valence-corrected chi connectivity index (χ1v) is 11.7. The van der Waals surface area contributed by atoms with Crippen molar-refractivity contribution >= 4 is 39.0 Å². The lowest BCUT2D eigenvalue weighted by Gasteiger charge is -2.37. The maximum absolute atomic E-state index is 14.1. The summed E-state index contributed by atoms with van der Waals surface area (Å²) >= 11 is 1.24. The number of nitrogens with zero attached hydrogens (tertiary/aromatic N) is 2. The third kappa shape index (κ3) is 4.55. The Bertz CT molecular complexity index is 1150. The molecule has 0 spiro atoms.